The normalized spacial score (nSPS) is 22.2. The van der Waals surface area contributed by atoms with Crippen LogP contribution in [0.1, 0.15) is 38.5 Å². The Balaban J connectivity index is 1.11. The molecule has 0 amide bonds. The lowest BCUT2D eigenvalue weighted by atomic mass is 9.98. The van der Waals surface area contributed by atoms with E-state index in [9.17, 15) is 0 Å². The zero-order valence-corrected chi connectivity index (χ0v) is 15.2. The molecule has 3 aliphatic rings. The minimum absolute atomic E-state index is 0.874. The molecule has 0 bridgehead atoms. The molecule has 1 N–H and O–H groups in total. The molecule has 0 saturated carbocycles. The molecule has 2 aliphatic heterocycles. The monoisotopic (exact) mass is 342 g/mol. The Bertz CT molecular complexity index is 561. The first-order chi connectivity index (χ1) is 12.4. The summed E-state index contributed by atoms with van der Waals surface area (Å²) in [6.07, 6.45) is 11.5. The Hall–Kier alpha value is -1.66. The largest absolute Gasteiger partial charge is 0.338 e. The van der Waals surface area contributed by atoms with Crippen LogP contribution in [0.3, 0.4) is 0 Å². The summed E-state index contributed by atoms with van der Waals surface area (Å²) in [7, 11) is 0. The minimum Gasteiger partial charge on any atom is -0.338 e. The van der Waals surface area contributed by atoms with Crippen molar-refractivity contribution in [3.8, 4) is 0 Å². The van der Waals surface area contributed by atoms with Gasteiger partial charge in [0.15, 0.2) is 0 Å². The highest BCUT2D eigenvalue weighted by Crippen LogP contribution is 2.27. The van der Waals surface area contributed by atoms with Crippen LogP contribution in [0.5, 0.6) is 0 Å². The van der Waals surface area contributed by atoms with Crippen LogP contribution >= 0.6 is 0 Å². The Morgan fingerprint density at radius 1 is 0.920 bits per heavy atom. The standard InChI is InChI=1S/C19H30N6/c1-2-7-18-17(6-1)16-25(22-18)11-4-3-10-23-12-14-24(15-13-23)19-20-8-5-9-21-19/h5,8-9,22H,1-4,6-7,10-16H2. The van der Waals surface area contributed by atoms with Crippen molar-refractivity contribution in [2.24, 2.45) is 0 Å². The smallest absolute Gasteiger partial charge is 0.225 e. The molecule has 6 nitrogen and oxygen atoms in total. The number of rotatable bonds is 6. The van der Waals surface area contributed by atoms with Crippen molar-refractivity contribution >= 4 is 5.95 Å². The van der Waals surface area contributed by atoms with Gasteiger partial charge in [-0.2, -0.15) is 0 Å². The van der Waals surface area contributed by atoms with Crippen molar-refractivity contribution in [2.45, 2.75) is 38.5 Å². The van der Waals surface area contributed by atoms with Crippen molar-refractivity contribution in [1.29, 1.82) is 0 Å². The maximum absolute atomic E-state index is 4.36. The molecule has 4 rings (SSSR count). The summed E-state index contributed by atoms with van der Waals surface area (Å²) in [4.78, 5) is 13.6. The maximum atomic E-state index is 4.36. The number of nitrogens with zero attached hydrogens (tertiary/aromatic N) is 5. The van der Waals surface area contributed by atoms with Gasteiger partial charge in [0.05, 0.1) is 0 Å². The van der Waals surface area contributed by atoms with E-state index < -0.39 is 0 Å². The lowest BCUT2D eigenvalue weighted by Gasteiger charge is -2.34. The molecule has 0 unspecified atom stereocenters. The number of hydrogen-bond acceptors (Lipinski definition) is 6. The highest BCUT2D eigenvalue weighted by Gasteiger charge is 2.23. The van der Waals surface area contributed by atoms with E-state index in [1.165, 1.54) is 57.3 Å². The van der Waals surface area contributed by atoms with Crippen LogP contribution < -0.4 is 10.3 Å². The van der Waals surface area contributed by atoms with Crippen molar-refractivity contribution in [1.82, 2.24) is 25.3 Å². The molecule has 0 spiro atoms. The number of hydrazine groups is 1. The third kappa shape index (κ3) is 4.30. The van der Waals surface area contributed by atoms with Crippen LogP contribution in [0, 0.1) is 0 Å². The summed E-state index contributed by atoms with van der Waals surface area (Å²) < 4.78 is 0. The van der Waals surface area contributed by atoms with Crippen LogP contribution in [0.2, 0.25) is 0 Å². The zero-order valence-electron chi connectivity index (χ0n) is 15.2. The van der Waals surface area contributed by atoms with Crippen molar-refractivity contribution < 1.29 is 0 Å². The highest BCUT2D eigenvalue weighted by atomic mass is 15.5. The van der Waals surface area contributed by atoms with Gasteiger partial charge in [-0.25, -0.2) is 15.0 Å². The molecule has 136 valence electrons. The third-order valence-electron chi connectivity index (χ3n) is 5.62. The van der Waals surface area contributed by atoms with E-state index in [0.29, 0.717) is 0 Å². The maximum Gasteiger partial charge on any atom is 0.225 e. The van der Waals surface area contributed by atoms with Crippen molar-refractivity contribution in [3.63, 3.8) is 0 Å². The number of allylic oxidation sites excluding steroid dienone is 1. The average Bonchev–Trinajstić information content (AvgIpc) is 3.09. The van der Waals surface area contributed by atoms with Gasteiger partial charge in [0, 0.05) is 57.4 Å². The zero-order chi connectivity index (χ0) is 16.9. The van der Waals surface area contributed by atoms with E-state index in [2.05, 4.69) is 30.2 Å². The van der Waals surface area contributed by atoms with Gasteiger partial charge in [0.25, 0.3) is 0 Å². The summed E-state index contributed by atoms with van der Waals surface area (Å²) >= 11 is 0. The lowest BCUT2D eigenvalue weighted by Crippen LogP contribution is -2.47. The van der Waals surface area contributed by atoms with E-state index in [1.54, 1.807) is 5.57 Å². The van der Waals surface area contributed by atoms with E-state index in [0.717, 1.165) is 38.7 Å². The van der Waals surface area contributed by atoms with Crippen LogP contribution in [0.25, 0.3) is 0 Å². The third-order valence-corrected chi connectivity index (χ3v) is 5.62. The fraction of sp³-hybridized carbons (Fsp3) is 0.684. The lowest BCUT2D eigenvalue weighted by molar-refractivity contribution is 0.224. The summed E-state index contributed by atoms with van der Waals surface area (Å²) in [6, 6.07) is 1.88. The fourth-order valence-corrected chi connectivity index (χ4v) is 4.14. The quantitative estimate of drug-likeness (QED) is 0.798. The second kappa shape index (κ2) is 8.15. The van der Waals surface area contributed by atoms with Gasteiger partial charge in [-0.1, -0.05) is 0 Å². The SMILES string of the molecule is c1cnc(N2CCN(CCCCN3CC4=C(CCCC4)N3)CC2)nc1. The molecule has 1 saturated heterocycles. The molecular formula is C19H30N6. The first-order valence-corrected chi connectivity index (χ1v) is 9.85. The molecule has 1 fully saturated rings. The molecule has 6 heteroatoms. The number of unbranched alkanes of at least 4 members (excludes halogenated alkanes) is 1. The van der Waals surface area contributed by atoms with E-state index in [-0.39, 0.29) is 0 Å². The van der Waals surface area contributed by atoms with E-state index in [1.807, 2.05) is 18.5 Å². The van der Waals surface area contributed by atoms with Crippen LogP contribution in [-0.2, 0) is 0 Å². The molecule has 1 aromatic heterocycles. The first kappa shape index (κ1) is 16.8. The van der Waals surface area contributed by atoms with Gasteiger partial charge < -0.3 is 10.3 Å². The number of aromatic nitrogens is 2. The highest BCUT2D eigenvalue weighted by molar-refractivity contribution is 5.29. The molecular weight excluding hydrogens is 312 g/mol. The van der Waals surface area contributed by atoms with Gasteiger partial charge in [-0.05, 0) is 56.7 Å². The fourth-order valence-electron chi connectivity index (χ4n) is 4.14. The number of piperazine rings is 1. The summed E-state index contributed by atoms with van der Waals surface area (Å²) in [5, 5.41) is 2.43. The molecule has 1 aromatic rings. The number of nitrogens with one attached hydrogen (secondary N) is 1. The molecule has 0 aromatic carbocycles. The summed E-state index contributed by atoms with van der Waals surface area (Å²) in [5.74, 6) is 0.874. The van der Waals surface area contributed by atoms with Crippen molar-refractivity contribution in [2.75, 3.05) is 50.7 Å². The molecule has 0 radical (unpaired) electrons. The average molecular weight is 342 g/mol. The minimum atomic E-state index is 0.874. The number of anilines is 1. The van der Waals surface area contributed by atoms with Crippen LogP contribution in [0.4, 0.5) is 5.95 Å². The second-order valence-electron chi connectivity index (χ2n) is 7.41. The predicted octanol–water partition coefficient (Wildman–Crippen LogP) is 2.03. The van der Waals surface area contributed by atoms with Gasteiger partial charge in [-0.3, -0.25) is 4.90 Å². The summed E-state index contributed by atoms with van der Waals surface area (Å²) in [6.45, 7) is 7.86. The second-order valence-corrected chi connectivity index (χ2v) is 7.41. The van der Waals surface area contributed by atoms with Crippen LogP contribution in [-0.4, -0.2) is 65.7 Å². The molecule has 0 atom stereocenters. The molecule has 3 heterocycles. The van der Waals surface area contributed by atoms with Gasteiger partial charge in [0.2, 0.25) is 5.95 Å². The van der Waals surface area contributed by atoms with Crippen LogP contribution in [0.15, 0.2) is 29.7 Å². The van der Waals surface area contributed by atoms with Gasteiger partial charge in [0.1, 0.15) is 0 Å². The molecule has 25 heavy (non-hydrogen) atoms. The Morgan fingerprint density at radius 2 is 1.68 bits per heavy atom. The Kier molecular flexibility index (Phi) is 5.47. The number of hydrogen-bond donors (Lipinski definition) is 1. The van der Waals surface area contributed by atoms with E-state index >= 15 is 0 Å². The first-order valence-electron chi connectivity index (χ1n) is 9.85. The summed E-state index contributed by atoms with van der Waals surface area (Å²) in [5.41, 5.74) is 6.84. The Morgan fingerprint density at radius 3 is 2.48 bits per heavy atom. The Labute approximate surface area is 150 Å². The predicted molar refractivity (Wildman–Crippen MR) is 100 cm³/mol. The molecule has 1 aliphatic carbocycles. The topological polar surface area (TPSA) is 47.5 Å². The van der Waals surface area contributed by atoms with Gasteiger partial charge >= 0.3 is 0 Å². The van der Waals surface area contributed by atoms with E-state index in [4.69, 9.17) is 0 Å². The van der Waals surface area contributed by atoms with Crippen molar-refractivity contribution in [3.05, 3.63) is 29.7 Å². The van der Waals surface area contributed by atoms with Gasteiger partial charge in [-0.15, -0.1) is 0 Å².